The Morgan fingerprint density at radius 1 is 1.23 bits per heavy atom. The molecule has 4 rings (SSSR count). The van der Waals surface area contributed by atoms with E-state index in [0.717, 1.165) is 4.90 Å². The molecule has 3 aromatic rings. The maximum atomic E-state index is 10.5. The molecule has 2 aromatic heterocycles. The van der Waals surface area contributed by atoms with Gasteiger partial charge in [0.05, 0.1) is 6.10 Å². The van der Waals surface area contributed by atoms with Crippen molar-refractivity contribution in [3.8, 4) is 23.8 Å². The van der Waals surface area contributed by atoms with Crippen LogP contribution in [0.4, 0.5) is 5.82 Å². The van der Waals surface area contributed by atoms with Crippen LogP contribution >= 0.6 is 11.8 Å². The van der Waals surface area contributed by atoms with E-state index in [1.807, 2.05) is 24.5 Å². The number of hydrogen-bond donors (Lipinski definition) is 3. The third-order valence-electron chi connectivity index (χ3n) is 4.71. The summed E-state index contributed by atoms with van der Waals surface area (Å²) in [7, 11) is 0. The largest absolute Gasteiger partial charge is 0.486 e. The van der Waals surface area contributed by atoms with E-state index in [2.05, 4.69) is 26.2 Å². The van der Waals surface area contributed by atoms with Crippen LogP contribution in [0.25, 0.3) is 11.2 Å². The molecule has 1 aliphatic rings. The van der Waals surface area contributed by atoms with Gasteiger partial charge in [0.2, 0.25) is 0 Å². The van der Waals surface area contributed by atoms with Crippen molar-refractivity contribution in [2.75, 3.05) is 18.9 Å². The van der Waals surface area contributed by atoms with Gasteiger partial charge in [-0.15, -0.1) is 6.42 Å². The van der Waals surface area contributed by atoms with Gasteiger partial charge < -0.3 is 20.3 Å². The molecular formula is C21H24N6O3S. The molecule has 2 unspecified atom stereocenters. The molecular weight excluding hydrogens is 416 g/mol. The van der Waals surface area contributed by atoms with Crippen molar-refractivity contribution in [1.29, 1.82) is 0 Å². The molecule has 1 aliphatic heterocycles. The molecule has 0 spiro atoms. The Morgan fingerprint density at radius 3 is 2.58 bits per heavy atom. The van der Waals surface area contributed by atoms with E-state index >= 15 is 0 Å². The lowest BCUT2D eigenvalue weighted by atomic mass is 10.2. The fourth-order valence-corrected chi connectivity index (χ4v) is 4.39. The molecule has 3 heterocycles. The first-order chi connectivity index (χ1) is 14.9. The molecule has 0 saturated heterocycles. The van der Waals surface area contributed by atoms with Crippen molar-refractivity contribution >= 4 is 28.7 Å². The number of fused-ring (bicyclic) bond motifs is 2. The molecule has 9 nitrogen and oxygen atoms in total. The summed E-state index contributed by atoms with van der Waals surface area (Å²) in [5.74, 6) is 4.21. The van der Waals surface area contributed by atoms with Gasteiger partial charge in [0.15, 0.2) is 33.6 Å². The number of imidazole rings is 1. The van der Waals surface area contributed by atoms with Gasteiger partial charge in [-0.2, -0.15) is 0 Å². The summed E-state index contributed by atoms with van der Waals surface area (Å²) in [6.45, 7) is 6.67. The van der Waals surface area contributed by atoms with Crippen LogP contribution < -0.4 is 20.5 Å². The maximum absolute atomic E-state index is 10.5. The smallest absolute Gasteiger partial charge is 0.176 e. The number of nitrogen functional groups attached to an aromatic ring is 1. The first-order valence-corrected chi connectivity index (χ1v) is 10.7. The number of aromatic nitrogens is 4. The van der Waals surface area contributed by atoms with E-state index in [-0.39, 0.29) is 11.9 Å². The lowest BCUT2D eigenvalue weighted by molar-refractivity contribution is 0.101. The number of aliphatic hydroxyl groups excluding tert-OH is 1. The Balaban J connectivity index is 1.86. The van der Waals surface area contributed by atoms with Crippen molar-refractivity contribution in [3.63, 3.8) is 0 Å². The predicted octanol–water partition coefficient (Wildman–Crippen LogP) is 2.19. The van der Waals surface area contributed by atoms with Crippen LogP contribution in [0.15, 0.2) is 28.5 Å². The van der Waals surface area contributed by atoms with Crippen LogP contribution in [0, 0.1) is 12.3 Å². The quantitative estimate of drug-likeness (QED) is 0.495. The average Bonchev–Trinajstić information content (AvgIpc) is 3.10. The highest BCUT2D eigenvalue weighted by atomic mass is 32.2. The number of hydrogen-bond acceptors (Lipinski definition) is 9. The maximum Gasteiger partial charge on any atom is 0.176 e. The highest BCUT2D eigenvalue weighted by Gasteiger charge is 2.27. The fraction of sp³-hybridized carbons (Fsp3) is 0.381. The highest BCUT2D eigenvalue weighted by Crippen LogP contribution is 2.41. The molecule has 0 radical (unpaired) electrons. The lowest BCUT2D eigenvalue weighted by Gasteiger charge is -2.27. The van der Waals surface area contributed by atoms with Gasteiger partial charge in [-0.25, -0.2) is 15.0 Å². The second kappa shape index (κ2) is 8.63. The third kappa shape index (κ3) is 4.12. The number of nitrogens with two attached hydrogens (primary N) is 1. The monoisotopic (exact) mass is 440 g/mol. The van der Waals surface area contributed by atoms with E-state index in [0.29, 0.717) is 46.6 Å². The number of aliphatic hydroxyl groups is 1. The fourth-order valence-electron chi connectivity index (χ4n) is 3.37. The Bertz CT molecular complexity index is 1150. The lowest BCUT2D eigenvalue weighted by Crippen LogP contribution is -2.39. The zero-order chi connectivity index (χ0) is 22.1. The van der Waals surface area contributed by atoms with Crippen molar-refractivity contribution < 1.29 is 14.6 Å². The summed E-state index contributed by atoms with van der Waals surface area (Å²) >= 11 is 1.34. The summed E-state index contributed by atoms with van der Waals surface area (Å²) < 4.78 is 13.2. The Kier molecular flexibility index (Phi) is 5.91. The van der Waals surface area contributed by atoms with Crippen LogP contribution in [-0.2, 0) is 0 Å². The number of anilines is 1. The van der Waals surface area contributed by atoms with Gasteiger partial charge in [-0.1, -0.05) is 17.7 Å². The van der Waals surface area contributed by atoms with Crippen molar-refractivity contribution in [2.45, 2.75) is 49.1 Å². The summed E-state index contributed by atoms with van der Waals surface area (Å²) in [6.07, 6.45) is 5.93. The standard InChI is InChI=1S/C21H24N6O3S/c1-5-13-8-14-15(30-7-6-29-14)9-16(13)31-21-26-17-18(22)23-10-24-20(17)27(21)19(12(4)28)25-11(2)3/h1,8-12,19,25,28H,6-7H2,2-4H3,(H2,22,23,24). The number of ether oxygens (including phenoxy) is 2. The van der Waals surface area contributed by atoms with Crippen LogP contribution in [0.1, 0.15) is 32.5 Å². The highest BCUT2D eigenvalue weighted by molar-refractivity contribution is 7.99. The number of rotatable bonds is 6. The van der Waals surface area contributed by atoms with Crippen LogP contribution in [0.2, 0.25) is 0 Å². The average molecular weight is 441 g/mol. The van der Waals surface area contributed by atoms with Crippen molar-refractivity contribution in [2.24, 2.45) is 0 Å². The van der Waals surface area contributed by atoms with Crippen LogP contribution in [0.5, 0.6) is 11.5 Å². The number of nitrogens with one attached hydrogen (secondary N) is 1. The number of nitrogens with zero attached hydrogens (tertiary/aromatic N) is 4. The molecule has 31 heavy (non-hydrogen) atoms. The molecule has 10 heteroatoms. The SMILES string of the molecule is C#Cc1cc2c(cc1Sc1nc3c(N)ncnc3n1C(NC(C)C)C(C)O)OCCO2. The van der Waals surface area contributed by atoms with Crippen molar-refractivity contribution in [3.05, 3.63) is 24.0 Å². The minimum absolute atomic E-state index is 0.102. The van der Waals surface area contributed by atoms with Gasteiger partial charge >= 0.3 is 0 Å². The van der Waals surface area contributed by atoms with Crippen LogP contribution in [-0.4, -0.2) is 50.0 Å². The first kappa shape index (κ1) is 21.2. The van der Waals surface area contributed by atoms with Gasteiger partial charge in [0.1, 0.15) is 25.7 Å². The van der Waals surface area contributed by atoms with E-state index in [9.17, 15) is 5.11 Å². The van der Waals surface area contributed by atoms with E-state index in [1.54, 1.807) is 13.0 Å². The normalized spacial score (nSPS) is 15.1. The van der Waals surface area contributed by atoms with Gasteiger partial charge in [0, 0.05) is 22.6 Å². The zero-order valence-electron chi connectivity index (χ0n) is 17.5. The Labute approximate surface area is 184 Å². The molecule has 162 valence electrons. The Morgan fingerprint density at radius 2 is 1.94 bits per heavy atom. The van der Waals surface area contributed by atoms with Gasteiger partial charge in [-0.05, 0) is 26.8 Å². The molecule has 2 atom stereocenters. The molecule has 0 aliphatic carbocycles. The number of benzene rings is 1. The van der Waals surface area contributed by atoms with Gasteiger partial charge in [0.25, 0.3) is 0 Å². The minimum atomic E-state index is -0.734. The van der Waals surface area contributed by atoms with E-state index < -0.39 is 12.3 Å². The summed E-state index contributed by atoms with van der Waals surface area (Å²) in [4.78, 5) is 13.9. The van der Waals surface area contributed by atoms with Gasteiger partial charge in [-0.3, -0.25) is 9.88 Å². The second-order valence-electron chi connectivity index (χ2n) is 7.44. The second-order valence-corrected chi connectivity index (χ2v) is 8.45. The predicted molar refractivity (Wildman–Crippen MR) is 118 cm³/mol. The summed E-state index contributed by atoms with van der Waals surface area (Å²) in [5.41, 5.74) is 7.70. The topological polar surface area (TPSA) is 120 Å². The first-order valence-electron chi connectivity index (χ1n) is 9.89. The molecule has 1 aromatic carbocycles. The molecule has 4 N–H and O–H groups in total. The Hall–Kier alpha value is -3.00. The van der Waals surface area contributed by atoms with Crippen molar-refractivity contribution in [1.82, 2.24) is 24.8 Å². The van der Waals surface area contributed by atoms with E-state index in [1.165, 1.54) is 18.1 Å². The molecule has 0 fully saturated rings. The van der Waals surface area contributed by atoms with E-state index in [4.69, 9.17) is 21.6 Å². The summed E-state index contributed by atoms with van der Waals surface area (Å²) in [5, 5.41) is 14.5. The molecule has 0 amide bonds. The number of terminal acetylenes is 1. The van der Waals surface area contributed by atoms with Crippen LogP contribution in [0.3, 0.4) is 0 Å². The third-order valence-corrected chi connectivity index (χ3v) is 5.74. The minimum Gasteiger partial charge on any atom is -0.486 e. The zero-order valence-corrected chi connectivity index (χ0v) is 18.3. The summed E-state index contributed by atoms with van der Waals surface area (Å²) in [6, 6.07) is 3.74. The molecule has 0 saturated carbocycles. The molecule has 0 bridgehead atoms.